The highest BCUT2D eigenvalue weighted by Crippen LogP contribution is 2.19. The summed E-state index contributed by atoms with van der Waals surface area (Å²) in [6, 6.07) is 7.44. The summed E-state index contributed by atoms with van der Waals surface area (Å²) in [5, 5.41) is 4.80. The van der Waals surface area contributed by atoms with E-state index in [0.29, 0.717) is 30.4 Å². The van der Waals surface area contributed by atoms with Crippen LogP contribution in [0.2, 0.25) is 0 Å². The molecular weight excluding hydrogens is 296 g/mol. The number of hydrogen-bond donors (Lipinski definition) is 1. The van der Waals surface area contributed by atoms with Gasteiger partial charge in [-0.2, -0.15) is 4.98 Å². The minimum absolute atomic E-state index is 0.0983. The quantitative estimate of drug-likeness (QED) is 0.774. The topological polar surface area (TPSA) is 84.3 Å². The molecule has 1 N–H and O–H groups in total. The normalized spacial score (nSPS) is 11.3. The van der Waals surface area contributed by atoms with Crippen LogP contribution in [-0.4, -0.2) is 34.2 Å². The van der Waals surface area contributed by atoms with Crippen LogP contribution in [0, 0.1) is 6.92 Å². The van der Waals surface area contributed by atoms with Crippen molar-refractivity contribution in [3.8, 4) is 5.75 Å². The van der Waals surface area contributed by atoms with E-state index in [1.807, 2.05) is 36.2 Å². The number of nitrogens with zero attached hydrogens (tertiary/aromatic N) is 3. The second kappa shape index (κ2) is 6.21. The highest BCUT2D eigenvalue weighted by molar-refractivity contribution is 5.80. The maximum Gasteiger partial charge on any atom is 0.252 e. The number of hydrogen-bond acceptors (Lipinski definition) is 6. The first kappa shape index (κ1) is 15.2. The first-order valence-electron chi connectivity index (χ1n) is 7.23. The third-order valence-corrected chi connectivity index (χ3v) is 3.55. The summed E-state index contributed by atoms with van der Waals surface area (Å²) in [6.07, 6.45) is 0. The molecule has 3 aromatic rings. The first-order valence-corrected chi connectivity index (χ1v) is 7.23. The van der Waals surface area contributed by atoms with E-state index in [9.17, 15) is 4.79 Å². The lowest BCUT2D eigenvalue weighted by Gasteiger charge is -2.14. The molecule has 0 unspecified atom stereocenters. The fourth-order valence-electron chi connectivity index (χ4n) is 2.47. The zero-order chi connectivity index (χ0) is 16.4. The Morgan fingerprint density at radius 3 is 2.83 bits per heavy atom. The fraction of sp³-hybridized carbons (Fsp3) is 0.312. The van der Waals surface area contributed by atoms with Crippen molar-refractivity contribution in [2.45, 2.75) is 20.0 Å². The molecule has 0 aliphatic carbocycles. The van der Waals surface area contributed by atoms with Gasteiger partial charge in [-0.05, 0) is 31.3 Å². The second-order valence-electron chi connectivity index (χ2n) is 5.48. The van der Waals surface area contributed by atoms with Crippen LogP contribution in [-0.2, 0) is 13.1 Å². The van der Waals surface area contributed by atoms with Crippen LogP contribution in [0.15, 0.2) is 33.6 Å². The lowest BCUT2D eigenvalue weighted by Crippen LogP contribution is -2.23. The number of methoxy groups -OCH3 is 1. The Kier molecular flexibility index (Phi) is 4.12. The smallest absolute Gasteiger partial charge is 0.252 e. The molecule has 0 aliphatic heterocycles. The van der Waals surface area contributed by atoms with E-state index in [-0.39, 0.29) is 5.56 Å². The minimum atomic E-state index is -0.0983. The molecule has 0 aliphatic rings. The van der Waals surface area contributed by atoms with Crippen molar-refractivity contribution in [1.29, 1.82) is 0 Å². The van der Waals surface area contributed by atoms with Gasteiger partial charge in [-0.25, -0.2) is 0 Å². The molecule has 0 saturated heterocycles. The number of pyridine rings is 1. The second-order valence-corrected chi connectivity index (χ2v) is 5.48. The standard InChI is InChI=1S/C16H18N4O3/c1-10-17-15(19-23-10)9-20(2)8-12-6-11-7-13(22-3)4-5-14(11)18-16(12)21/h4-7H,8-9H2,1-3H3,(H,18,21). The Morgan fingerprint density at radius 2 is 2.13 bits per heavy atom. The molecule has 7 heteroatoms. The van der Waals surface area contributed by atoms with Crippen LogP contribution in [0.3, 0.4) is 0 Å². The van der Waals surface area contributed by atoms with Gasteiger partial charge in [-0.15, -0.1) is 0 Å². The number of ether oxygens (including phenoxy) is 1. The molecule has 0 atom stereocenters. The monoisotopic (exact) mass is 314 g/mol. The van der Waals surface area contributed by atoms with Crippen molar-refractivity contribution in [3.05, 3.63) is 51.9 Å². The molecule has 2 heterocycles. The van der Waals surface area contributed by atoms with Gasteiger partial charge >= 0.3 is 0 Å². The molecule has 7 nitrogen and oxygen atoms in total. The minimum Gasteiger partial charge on any atom is -0.497 e. The van der Waals surface area contributed by atoms with Gasteiger partial charge < -0.3 is 14.2 Å². The number of aryl methyl sites for hydroxylation is 1. The van der Waals surface area contributed by atoms with Crippen LogP contribution in [0.4, 0.5) is 0 Å². The lowest BCUT2D eigenvalue weighted by molar-refractivity contribution is 0.299. The van der Waals surface area contributed by atoms with Crippen molar-refractivity contribution in [1.82, 2.24) is 20.0 Å². The summed E-state index contributed by atoms with van der Waals surface area (Å²) >= 11 is 0. The van der Waals surface area contributed by atoms with Crippen LogP contribution < -0.4 is 10.3 Å². The summed E-state index contributed by atoms with van der Waals surface area (Å²) in [5.41, 5.74) is 1.36. The summed E-state index contributed by atoms with van der Waals surface area (Å²) in [7, 11) is 3.52. The van der Waals surface area contributed by atoms with Crippen LogP contribution in [0.25, 0.3) is 10.9 Å². The molecule has 0 radical (unpaired) electrons. The van der Waals surface area contributed by atoms with Gasteiger partial charge in [0.2, 0.25) is 5.89 Å². The number of nitrogens with one attached hydrogen (secondary N) is 1. The molecule has 23 heavy (non-hydrogen) atoms. The van der Waals surface area contributed by atoms with E-state index >= 15 is 0 Å². The highest BCUT2D eigenvalue weighted by atomic mass is 16.5. The molecule has 0 saturated carbocycles. The van der Waals surface area contributed by atoms with Gasteiger partial charge in [0, 0.05) is 29.9 Å². The number of aromatic nitrogens is 3. The van der Waals surface area contributed by atoms with Gasteiger partial charge in [0.25, 0.3) is 5.56 Å². The lowest BCUT2D eigenvalue weighted by atomic mass is 10.1. The molecule has 0 amide bonds. The molecular formula is C16H18N4O3. The third-order valence-electron chi connectivity index (χ3n) is 3.55. The van der Waals surface area contributed by atoms with Crippen LogP contribution in [0.1, 0.15) is 17.3 Å². The number of fused-ring (bicyclic) bond motifs is 1. The molecule has 120 valence electrons. The van der Waals surface area contributed by atoms with Gasteiger partial charge in [0.1, 0.15) is 5.75 Å². The van der Waals surface area contributed by atoms with Crippen molar-refractivity contribution in [2.75, 3.05) is 14.2 Å². The number of benzene rings is 1. The predicted octanol–water partition coefficient (Wildman–Crippen LogP) is 1.86. The SMILES string of the molecule is COc1ccc2[nH]c(=O)c(CN(C)Cc3noc(C)n3)cc2c1. The zero-order valence-corrected chi connectivity index (χ0v) is 13.3. The van der Waals surface area contributed by atoms with E-state index in [1.54, 1.807) is 14.0 Å². The maximum atomic E-state index is 12.2. The third kappa shape index (κ3) is 3.40. The van der Waals surface area contributed by atoms with E-state index in [1.165, 1.54) is 0 Å². The van der Waals surface area contributed by atoms with Crippen molar-refractivity contribution >= 4 is 10.9 Å². The fourth-order valence-corrected chi connectivity index (χ4v) is 2.47. The Balaban J connectivity index is 1.83. The molecule has 3 rings (SSSR count). The van der Waals surface area contributed by atoms with E-state index in [4.69, 9.17) is 9.26 Å². The molecule has 0 bridgehead atoms. The van der Waals surface area contributed by atoms with Gasteiger partial charge in [0.05, 0.1) is 13.7 Å². The average Bonchev–Trinajstić information content (AvgIpc) is 2.92. The summed E-state index contributed by atoms with van der Waals surface area (Å²) in [5.74, 6) is 1.89. The Hall–Kier alpha value is -2.67. The first-order chi connectivity index (χ1) is 11.0. The number of rotatable bonds is 5. The van der Waals surface area contributed by atoms with Crippen molar-refractivity contribution in [3.63, 3.8) is 0 Å². The summed E-state index contributed by atoms with van der Waals surface area (Å²) < 4.78 is 10.2. The van der Waals surface area contributed by atoms with E-state index in [0.717, 1.165) is 16.7 Å². The van der Waals surface area contributed by atoms with Crippen LogP contribution >= 0.6 is 0 Å². The van der Waals surface area contributed by atoms with Crippen molar-refractivity contribution in [2.24, 2.45) is 0 Å². The zero-order valence-electron chi connectivity index (χ0n) is 13.3. The van der Waals surface area contributed by atoms with E-state index < -0.39 is 0 Å². The summed E-state index contributed by atoms with van der Waals surface area (Å²) in [4.78, 5) is 21.2. The Morgan fingerprint density at radius 1 is 1.30 bits per heavy atom. The summed E-state index contributed by atoms with van der Waals surface area (Å²) in [6.45, 7) is 2.74. The number of H-pyrrole nitrogens is 1. The van der Waals surface area contributed by atoms with Crippen LogP contribution in [0.5, 0.6) is 5.75 Å². The Labute approximate surface area is 132 Å². The molecule has 1 aromatic carbocycles. The van der Waals surface area contributed by atoms with Gasteiger partial charge in [-0.1, -0.05) is 5.16 Å². The molecule has 0 fully saturated rings. The van der Waals surface area contributed by atoms with E-state index in [2.05, 4.69) is 15.1 Å². The molecule has 2 aromatic heterocycles. The highest BCUT2D eigenvalue weighted by Gasteiger charge is 2.10. The van der Waals surface area contributed by atoms with Gasteiger partial charge in [0.15, 0.2) is 5.82 Å². The molecule has 0 spiro atoms. The maximum absolute atomic E-state index is 12.2. The average molecular weight is 314 g/mol. The Bertz CT molecular complexity index is 884. The van der Waals surface area contributed by atoms with Crippen molar-refractivity contribution < 1.29 is 9.26 Å². The largest absolute Gasteiger partial charge is 0.497 e. The van der Waals surface area contributed by atoms with Gasteiger partial charge in [-0.3, -0.25) is 9.69 Å². The predicted molar refractivity (Wildman–Crippen MR) is 85.3 cm³/mol. The number of aromatic amines is 1.